The van der Waals surface area contributed by atoms with Crippen LogP contribution in [0.25, 0.3) is 0 Å². The van der Waals surface area contributed by atoms with E-state index < -0.39 is 0 Å². The predicted molar refractivity (Wildman–Crippen MR) is 67.0 cm³/mol. The fraction of sp³-hybridized carbons (Fsp3) is 0.533. The number of fused-ring (bicyclic) bond motifs is 2. The lowest BCUT2D eigenvalue weighted by molar-refractivity contribution is -0.130. The van der Waals surface area contributed by atoms with Gasteiger partial charge in [-0.25, -0.2) is 0 Å². The molecule has 0 N–H and O–H groups in total. The maximum Gasteiger partial charge on any atom is 0.140 e. The number of hydrogen-bond donors (Lipinski definition) is 0. The van der Waals surface area contributed by atoms with E-state index in [0.717, 1.165) is 19.3 Å². The molecule has 1 heteroatoms. The van der Waals surface area contributed by atoms with Gasteiger partial charge in [0.05, 0.1) is 0 Å². The molecule has 2 aliphatic rings. The molecular weight excluding hydrogens is 196 g/mol. The van der Waals surface area contributed by atoms with Crippen molar-refractivity contribution in [1.82, 2.24) is 0 Å². The first-order chi connectivity index (χ1) is 7.73. The standard InChI is InChI=1S/C15H20O/c1-3-5-6-14(16)15(9-4-2)11-12-7-8-13(15)10-12/h3-4,7-8,12-13H,1-2,5-6,9-11H2/t12-,13+,15-/m0/s1. The van der Waals surface area contributed by atoms with Crippen LogP contribution < -0.4 is 0 Å². The fourth-order valence-electron chi connectivity index (χ4n) is 3.36. The first kappa shape index (κ1) is 11.4. The van der Waals surface area contributed by atoms with Crippen LogP contribution in [0.1, 0.15) is 32.1 Å². The molecule has 0 radical (unpaired) electrons. The number of ketones is 1. The fourth-order valence-corrected chi connectivity index (χ4v) is 3.36. The van der Waals surface area contributed by atoms with E-state index in [1.165, 1.54) is 6.42 Å². The largest absolute Gasteiger partial charge is 0.299 e. The third kappa shape index (κ3) is 1.68. The lowest BCUT2D eigenvalue weighted by Gasteiger charge is -2.33. The van der Waals surface area contributed by atoms with Crippen molar-refractivity contribution in [3.05, 3.63) is 37.5 Å². The van der Waals surface area contributed by atoms with Gasteiger partial charge in [0.2, 0.25) is 0 Å². The molecular formula is C15H20O. The molecule has 0 aromatic rings. The second kappa shape index (κ2) is 4.40. The SMILES string of the molecule is C=CCCC(=O)[C@@]1(CC=C)C[C@H]2C=C[C@@H]1C2. The van der Waals surface area contributed by atoms with E-state index in [2.05, 4.69) is 25.3 Å². The van der Waals surface area contributed by atoms with E-state index in [-0.39, 0.29) is 5.41 Å². The van der Waals surface area contributed by atoms with E-state index in [9.17, 15) is 4.79 Å². The van der Waals surface area contributed by atoms with Gasteiger partial charge in [0.1, 0.15) is 5.78 Å². The van der Waals surface area contributed by atoms with E-state index in [4.69, 9.17) is 0 Å². The van der Waals surface area contributed by atoms with Crippen molar-refractivity contribution < 1.29 is 4.79 Å². The zero-order valence-electron chi connectivity index (χ0n) is 9.82. The molecule has 0 spiro atoms. The van der Waals surface area contributed by atoms with Crippen molar-refractivity contribution in [3.8, 4) is 0 Å². The molecule has 3 atom stereocenters. The number of allylic oxidation sites excluding steroid dienone is 4. The van der Waals surface area contributed by atoms with Crippen LogP contribution in [0.3, 0.4) is 0 Å². The summed E-state index contributed by atoms with van der Waals surface area (Å²) in [5.74, 6) is 1.52. The molecule has 2 bridgehead atoms. The predicted octanol–water partition coefficient (Wildman–Crippen LogP) is 3.68. The normalized spacial score (nSPS) is 35.2. The van der Waals surface area contributed by atoms with E-state index in [1.807, 2.05) is 12.2 Å². The number of Topliss-reactive ketones (excluding diaryl/α,β-unsaturated/α-hetero) is 1. The molecule has 2 aliphatic carbocycles. The summed E-state index contributed by atoms with van der Waals surface area (Å²) in [6, 6.07) is 0. The summed E-state index contributed by atoms with van der Waals surface area (Å²) in [5.41, 5.74) is -0.121. The second-order valence-corrected chi connectivity index (χ2v) is 5.09. The first-order valence-corrected chi connectivity index (χ1v) is 6.16. The van der Waals surface area contributed by atoms with Gasteiger partial charge in [-0.2, -0.15) is 0 Å². The highest BCUT2D eigenvalue weighted by atomic mass is 16.1. The summed E-state index contributed by atoms with van der Waals surface area (Å²) in [5, 5.41) is 0. The minimum atomic E-state index is -0.121. The van der Waals surface area contributed by atoms with Gasteiger partial charge in [-0.15, -0.1) is 13.2 Å². The van der Waals surface area contributed by atoms with Crippen LogP contribution in [0, 0.1) is 17.3 Å². The molecule has 0 aromatic heterocycles. The number of rotatable bonds is 6. The molecule has 0 aromatic carbocycles. The molecule has 1 fully saturated rings. The van der Waals surface area contributed by atoms with Crippen LogP contribution in [-0.2, 0) is 4.79 Å². The Labute approximate surface area is 97.9 Å². The lowest BCUT2D eigenvalue weighted by Crippen LogP contribution is -2.34. The smallest absolute Gasteiger partial charge is 0.140 e. The van der Waals surface area contributed by atoms with Crippen LogP contribution in [0.5, 0.6) is 0 Å². The van der Waals surface area contributed by atoms with Crippen LogP contribution in [0.4, 0.5) is 0 Å². The summed E-state index contributed by atoms with van der Waals surface area (Å²) in [6.45, 7) is 7.51. The average molecular weight is 216 g/mol. The number of carbonyl (C=O) groups excluding carboxylic acids is 1. The summed E-state index contributed by atoms with van der Waals surface area (Å²) >= 11 is 0. The highest BCUT2D eigenvalue weighted by Crippen LogP contribution is 2.55. The summed E-state index contributed by atoms with van der Waals surface area (Å²) in [4.78, 5) is 12.4. The summed E-state index contributed by atoms with van der Waals surface area (Å²) in [6.07, 6.45) is 12.8. The quantitative estimate of drug-likeness (QED) is 0.619. The maximum atomic E-state index is 12.4. The topological polar surface area (TPSA) is 17.1 Å². The molecule has 0 amide bonds. The third-order valence-corrected chi connectivity index (χ3v) is 4.15. The number of carbonyl (C=O) groups is 1. The molecule has 16 heavy (non-hydrogen) atoms. The van der Waals surface area contributed by atoms with Gasteiger partial charge in [0.15, 0.2) is 0 Å². The maximum absolute atomic E-state index is 12.4. The minimum Gasteiger partial charge on any atom is -0.299 e. The Balaban J connectivity index is 2.16. The van der Waals surface area contributed by atoms with E-state index in [0.29, 0.717) is 24.0 Å². The van der Waals surface area contributed by atoms with Crippen molar-refractivity contribution in [2.75, 3.05) is 0 Å². The highest BCUT2D eigenvalue weighted by Gasteiger charge is 2.51. The average Bonchev–Trinajstić information content (AvgIpc) is 2.86. The Morgan fingerprint density at radius 2 is 2.19 bits per heavy atom. The molecule has 1 saturated carbocycles. The Bertz CT molecular complexity index is 339. The van der Waals surface area contributed by atoms with Crippen LogP contribution in [0.15, 0.2) is 37.5 Å². The van der Waals surface area contributed by atoms with Crippen molar-refractivity contribution in [1.29, 1.82) is 0 Å². The van der Waals surface area contributed by atoms with Crippen LogP contribution in [0.2, 0.25) is 0 Å². The lowest BCUT2D eigenvalue weighted by atomic mass is 9.69. The van der Waals surface area contributed by atoms with Crippen molar-refractivity contribution >= 4 is 5.78 Å². The van der Waals surface area contributed by atoms with E-state index >= 15 is 0 Å². The molecule has 2 rings (SSSR count). The Morgan fingerprint density at radius 1 is 1.38 bits per heavy atom. The molecule has 1 nitrogen and oxygen atoms in total. The molecule has 0 saturated heterocycles. The van der Waals surface area contributed by atoms with Gasteiger partial charge in [-0.3, -0.25) is 4.79 Å². The van der Waals surface area contributed by atoms with Gasteiger partial charge in [-0.1, -0.05) is 24.3 Å². The zero-order chi connectivity index (χ0) is 11.6. The second-order valence-electron chi connectivity index (χ2n) is 5.09. The Hall–Kier alpha value is -1.11. The molecule has 0 aliphatic heterocycles. The Morgan fingerprint density at radius 3 is 2.69 bits per heavy atom. The minimum absolute atomic E-state index is 0.121. The molecule has 0 unspecified atom stereocenters. The van der Waals surface area contributed by atoms with Gasteiger partial charge in [0, 0.05) is 11.8 Å². The first-order valence-electron chi connectivity index (χ1n) is 6.16. The molecule has 86 valence electrons. The highest BCUT2D eigenvalue weighted by molar-refractivity contribution is 5.86. The molecule has 0 heterocycles. The third-order valence-electron chi connectivity index (χ3n) is 4.15. The monoisotopic (exact) mass is 216 g/mol. The van der Waals surface area contributed by atoms with Crippen molar-refractivity contribution in [3.63, 3.8) is 0 Å². The van der Waals surface area contributed by atoms with E-state index in [1.54, 1.807) is 0 Å². The van der Waals surface area contributed by atoms with Crippen molar-refractivity contribution in [2.24, 2.45) is 17.3 Å². The van der Waals surface area contributed by atoms with Crippen LogP contribution >= 0.6 is 0 Å². The van der Waals surface area contributed by atoms with Gasteiger partial charge in [-0.05, 0) is 37.5 Å². The van der Waals surface area contributed by atoms with Crippen LogP contribution in [-0.4, -0.2) is 5.78 Å². The van der Waals surface area contributed by atoms with Gasteiger partial charge >= 0.3 is 0 Å². The zero-order valence-corrected chi connectivity index (χ0v) is 9.82. The Kier molecular flexibility index (Phi) is 3.13. The van der Waals surface area contributed by atoms with Crippen molar-refractivity contribution in [2.45, 2.75) is 32.1 Å². The number of hydrogen-bond acceptors (Lipinski definition) is 1. The van der Waals surface area contributed by atoms with Gasteiger partial charge < -0.3 is 0 Å². The summed E-state index contributed by atoms with van der Waals surface area (Å²) in [7, 11) is 0. The van der Waals surface area contributed by atoms with Gasteiger partial charge in [0.25, 0.3) is 0 Å². The summed E-state index contributed by atoms with van der Waals surface area (Å²) < 4.78 is 0.